The summed E-state index contributed by atoms with van der Waals surface area (Å²) in [4.78, 5) is 12.3. The summed E-state index contributed by atoms with van der Waals surface area (Å²) in [5, 5.41) is 12.7. The van der Waals surface area contributed by atoms with Gasteiger partial charge in [-0.3, -0.25) is 4.79 Å². The molecule has 0 atom stereocenters. The Morgan fingerprint density at radius 3 is 2.10 bits per heavy atom. The molecular formula is C18H33NO2. The molecule has 0 aromatic rings. The van der Waals surface area contributed by atoms with Gasteiger partial charge >= 0.3 is 0 Å². The van der Waals surface area contributed by atoms with Gasteiger partial charge in [0.2, 0.25) is 5.91 Å². The minimum atomic E-state index is -0.107. The second-order valence-electron chi connectivity index (χ2n) is 8.33. The van der Waals surface area contributed by atoms with Crippen molar-refractivity contribution < 1.29 is 9.90 Å². The predicted molar refractivity (Wildman–Crippen MR) is 85.9 cm³/mol. The van der Waals surface area contributed by atoms with Crippen molar-refractivity contribution in [3.63, 3.8) is 0 Å². The lowest BCUT2D eigenvalue weighted by Gasteiger charge is -2.36. The number of nitrogens with one attached hydrogen (secondary N) is 1. The van der Waals surface area contributed by atoms with E-state index in [0.29, 0.717) is 11.3 Å². The SMILES string of the molecule is CC(C)(C)C1CCC(C(=O)NCC2CCC(O)CC2)CC1. The molecule has 122 valence electrons. The van der Waals surface area contributed by atoms with Gasteiger partial charge in [0.1, 0.15) is 0 Å². The fraction of sp³-hybridized carbons (Fsp3) is 0.944. The van der Waals surface area contributed by atoms with E-state index in [1.165, 1.54) is 12.8 Å². The minimum Gasteiger partial charge on any atom is -0.393 e. The Hall–Kier alpha value is -0.570. The van der Waals surface area contributed by atoms with Gasteiger partial charge in [-0.1, -0.05) is 20.8 Å². The largest absolute Gasteiger partial charge is 0.393 e. The van der Waals surface area contributed by atoms with Crippen LogP contribution in [-0.4, -0.2) is 23.7 Å². The first-order valence-corrected chi connectivity index (χ1v) is 8.82. The summed E-state index contributed by atoms with van der Waals surface area (Å²) in [6.45, 7) is 7.76. The fourth-order valence-electron chi connectivity index (χ4n) is 3.96. The molecule has 2 saturated carbocycles. The number of carbonyl (C=O) groups is 1. The second-order valence-corrected chi connectivity index (χ2v) is 8.33. The van der Waals surface area contributed by atoms with E-state index >= 15 is 0 Å². The van der Waals surface area contributed by atoms with Crippen LogP contribution in [0.25, 0.3) is 0 Å². The van der Waals surface area contributed by atoms with Crippen LogP contribution in [0.2, 0.25) is 0 Å². The topological polar surface area (TPSA) is 49.3 Å². The van der Waals surface area contributed by atoms with Gasteiger partial charge in [-0.15, -0.1) is 0 Å². The first-order valence-electron chi connectivity index (χ1n) is 8.82. The zero-order chi connectivity index (χ0) is 15.5. The van der Waals surface area contributed by atoms with E-state index in [-0.39, 0.29) is 17.9 Å². The van der Waals surface area contributed by atoms with Crippen molar-refractivity contribution in [2.24, 2.45) is 23.2 Å². The van der Waals surface area contributed by atoms with E-state index in [1.807, 2.05) is 0 Å². The van der Waals surface area contributed by atoms with Crippen molar-refractivity contribution in [3.05, 3.63) is 0 Å². The Balaban J connectivity index is 1.68. The molecule has 0 aliphatic heterocycles. The standard InChI is InChI=1S/C18H33NO2/c1-18(2,3)15-8-6-14(7-9-15)17(21)19-12-13-4-10-16(20)11-5-13/h13-16,20H,4-12H2,1-3H3,(H,19,21). The molecule has 0 radical (unpaired) electrons. The maximum absolute atomic E-state index is 12.3. The summed E-state index contributed by atoms with van der Waals surface area (Å²) in [6.07, 6.45) is 8.29. The lowest BCUT2D eigenvalue weighted by atomic mass is 9.69. The number of carbonyl (C=O) groups excluding carboxylic acids is 1. The van der Waals surface area contributed by atoms with E-state index in [0.717, 1.165) is 51.0 Å². The Morgan fingerprint density at radius 2 is 1.57 bits per heavy atom. The van der Waals surface area contributed by atoms with Crippen LogP contribution >= 0.6 is 0 Å². The molecule has 2 aliphatic rings. The molecule has 2 aliphatic carbocycles. The van der Waals surface area contributed by atoms with Crippen molar-refractivity contribution in [3.8, 4) is 0 Å². The van der Waals surface area contributed by atoms with E-state index in [4.69, 9.17) is 0 Å². The molecular weight excluding hydrogens is 262 g/mol. The zero-order valence-electron chi connectivity index (χ0n) is 14.0. The van der Waals surface area contributed by atoms with E-state index in [2.05, 4.69) is 26.1 Å². The average molecular weight is 295 g/mol. The van der Waals surface area contributed by atoms with Gasteiger partial charge in [-0.05, 0) is 68.6 Å². The van der Waals surface area contributed by atoms with Gasteiger partial charge in [0.05, 0.1) is 6.10 Å². The van der Waals surface area contributed by atoms with E-state index < -0.39 is 0 Å². The Labute approximate surface area is 129 Å². The van der Waals surface area contributed by atoms with E-state index in [1.54, 1.807) is 0 Å². The van der Waals surface area contributed by atoms with Crippen LogP contribution in [0.1, 0.15) is 72.1 Å². The van der Waals surface area contributed by atoms with Crippen molar-refractivity contribution in [2.45, 2.75) is 78.2 Å². The monoisotopic (exact) mass is 295 g/mol. The molecule has 21 heavy (non-hydrogen) atoms. The molecule has 3 heteroatoms. The molecule has 0 aromatic carbocycles. The number of rotatable bonds is 3. The lowest BCUT2D eigenvalue weighted by molar-refractivity contribution is -0.126. The van der Waals surface area contributed by atoms with Crippen molar-refractivity contribution >= 4 is 5.91 Å². The maximum Gasteiger partial charge on any atom is 0.223 e. The number of hydrogen-bond acceptors (Lipinski definition) is 2. The zero-order valence-corrected chi connectivity index (χ0v) is 14.0. The molecule has 0 heterocycles. The third kappa shape index (κ3) is 4.98. The molecule has 1 amide bonds. The first kappa shape index (κ1) is 16.8. The van der Waals surface area contributed by atoms with Gasteiger partial charge in [-0.2, -0.15) is 0 Å². The highest BCUT2D eigenvalue weighted by Crippen LogP contribution is 2.39. The molecule has 3 nitrogen and oxygen atoms in total. The van der Waals surface area contributed by atoms with Gasteiger partial charge in [-0.25, -0.2) is 0 Å². The van der Waals surface area contributed by atoms with Crippen LogP contribution in [-0.2, 0) is 4.79 Å². The smallest absolute Gasteiger partial charge is 0.223 e. The van der Waals surface area contributed by atoms with E-state index in [9.17, 15) is 9.90 Å². The molecule has 0 saturated heterocycles. The molecule has 0 aromatic heterocycles. The number of aliphatic hydroxyl groups is 1. The summed E-state index contributed by atoms with van der Waals surface area (Å²) in [5.74, 6) is 1.84. The molecule has 0 spiro atoms. The highest BCUT2D eigenvalue weighted by atomic mass is 16.3. The number of hydrogen-bond donors (Lipinski definition) is 2. The Bertz CT molecular complexity index is 332. The van der Waals surface area contributed by atoms with Gasteiger partial charge in [0.25, 0.3) is 0 Å². The number of amides is 1. The second kappa shape index (κ2) is 7.13. The van der Waals surface area contributed by atoms with Crippen molar-refractivity contribution in [1.29, 1.82) is 0 Å². The van der Waals surface area contributed by atoms with Crippen molar-refractivity contribution in [2.75, 3.05) is 6.54 Å². The highest BCUT2D eigenvalue weighted by Gasteiger charge is 2.32. The highest BCUT2D eigenvalue weighted by molar-refractivity contribution is 5.78. The summed E-state index contributed by atoms with van der Waals surface area (Å²) in [5.41, 5.74) is 0.379. The Kier molecular flexibility index (Phi) is 5.70. The summed E-state index contributed by atoms with van der Waals surface area (Å²) in [6, 6.07) is 0. The van der Waals surface area contributed by atoms with Crippen LogP contribution < -0.4 is 5.32 Å². The minimum absolute atomic E-state index is 0.107. The Morgan fingerprint density at radius 1 is 1.00 bits per heavy atom. The van der Waals surface area contributed by atoms with Gasteiger partial charge in [0, 0.05) is 12.5 Å². The molecule has 2 rings (SSSR count). The van der Waals surface area contributed by atoms with Crippen LogP contribution in [0, 0.1) is 23.2 Å². The normalized spacial score (nSPS) is 34.5. The third-order valence-electron chi connectivity index (χ3n) is 5.70. The summed E-state index contributed by atoms with van der Waals surface area (Å²) < 4.78 is 0. The maximum atomic E-state index is 12.3. The molecule has 2 N–H and O–H groups in total. The molecule has 2 fully saturated rings. The van der Waals surface area contributed by atoms with Crippen LogP contribution in [0.5, 0.6) is 0 Å². The summed E-state index contributed by atoms with van der Waals surface area (Å²) in [7, 11) is 0. The van der Waals surface area contributed by atoms with Gasteiger partial charge in [0.15, 0.2) is 0 Å². The average Bonchev–Trinajstić information content (AvgIpc) is 2.45. The lowest BCUT2D eigenvalue weighted by Crippen LogP contribution is -2.38. The van der Waals surface area contributed by atoms with Crippen LogP contribution in [0.3, 0.4) is 0 Å². The predicted octanol–water partition coefficient (Wildman–Crippen LogP) is 3.51. The third-order valence-corrected chi connectivity index (χ3v) is 5.70. The molecule has 0 bridgehead atoms. The van der Waals surface area contributed by atoms with Gasteiger partial charge < -0.3 is 10.4 Å². The van der Waals surface area contributed by atoms with Crippen LogP contribution in [0.15, 0.2) is 0 Å². The first-order chi connectivity index (χ1) is 9.86. The fourth-order valence-corrected chi connectivity index (χ4v) is 3.96. The number of aliphatic hydroxyl groups excluding tert-OH is 1. The summed E-state index contributed by atoms with van der Waals surface area (Å²) >= 11 is 0. The molecule has 0 unspecified atom stereocenters. The quantitative estimate of drug-likeness (QED) is 0.837. The van der Waals surface area contributed by atoms with Crippen LogP contribution in [0.4, 0.5) is 0 Å². The van der Waals surface area contributed by atoms with Crippen molar-refractivity contribution in [1.82, 2.24) is 5.32 Å².